The van der Waals surface area contributed by atoms with Crippen molar-refractivity contribution in [3.05, 3.63) is 35.9 Å². The number of phenols is 1. The highest BCUT2D eigenvalue weighted by Gasteiger charge is 2.32. The minimum absolute atomic E-state index is 0.0177. The molecule has 2 aromatic carbocycles. The summed E-state index contributed by atoms with van der Waals surface area (Å²) in [6.07, 6.45) is 0.452. The van der Waals surface area contributed by atoms with Crippen molar-refractivity contribution in [2.75, 3.05) is 39.5 Å². The number of aromatic hydroxyl groups is 1. The van der Waals surface area contributed by atoms with Gasteiger partial charge in [-0.15, -0.1) is 0 Å². The lowest BCUT2D eigenvalue weighted by atomic mass is 9.86. The number of phenolic OH excluding ortho intramolecular Hbond substituents is 1. The van der Waals surface area contributed by atoms with Gasteiger partial charge in [-0.05, 0) is 41.5 Å². The Bertz CT molecular complexity index is 984. The molecule has 30 heavy (non-hydrogen) atoms. The Labute approximate surface area is 174 Å². The van der Waals surface area contributed by atoms with Gasteiger partial charge in [-0.1, -0.05) is 6.07 Å². The van der Waals surface area contributed by atoms with E-state index in [4.69, 9.17) is 14.9 Å². The van der Waals surface area contributed by atoms with Gasteiger partial charge in [0, 0.05) is 31.6 Å². The summed E-state index contributed by atoms with van der Waals surface area (Å²) >= 11 is 0. The van der Waals surface area contributed by atoms with Gasteiger partial charge in [0.25, 0.3) is 0 Å². The van der Waals surface area contributed by atoms with Crippen LogP contribution < -0.4 is 10.1 Å². The van der Waals surface area contributed by atoms with E-state index in [0.29, 0.717) is 23.3 Å². The Balaban J connectivity index is 1.51. The summed E-state index contributed by atoms with van der Waals surface area (Å²) in [7, 11) is 0. The van der Waals surface area contributed by atoms with Crippen LogP contribution in [0.25, 0.3) is 10.8 Å². The van der Waals surface area contributed by atoms with E-state index in [9.17, 15) is 14.7 Å². The molecule has 0 spiro atoms. The molecule has 2 saturated heterocycles. The fourth-order valence-corrected chi connectivity index (χ4v) is 3.93. The Kier molecular flexibility index (Phi) is 5.96. The molecule has 2 heterocycles. The number of benzene rings is 2. The Morgan fingerprint density at radius 1 is 1.23 bits per heavy atom. The molecule has 4 rings (SSSR count). The van der Waals surface area contributed by atoms with Gasteiger partial charge in [-0.3, -0.25) is 19.8 Å². The van der Waals surface area contributed by atoms with E-state index in [0.717, 1.165) is 38.2 Å². The zero-order valence-corrected chi connectivity index (χ0v) is 16.6. The fourth-order valence-electron chi connectivity index (χ4n) is 3.93. The lowest BCUT2D eigenvalue weighted by Gasteiger charge is -2.26. The van der Waals surface area contributed by atoms with Gasteiger partial charge in [-0.25, -0.2) is 0 Å². The van der Waals surface area contributed by atoms with Crippen molar-refractivity contribution in [3.8, 4) is 11.5 Å². The number of piperidine rings is 1. The van der Waals surface area contributed by atoms with Crippen molar-refractivity contribution < 1.29 is 24.2 Å². The third kappa shape index (κ3) is 4.29. The molecule has 3 N–H and O–H groups in total. The average molecular weight is 411 g/mol. The maximum atomic E-state index is 12.2. The minimum atomic E-state index is -0.761. The van der Waals surface area contributed by atoms with Crippen LogP contribution in [0.4, 0.5) is 0 Å². The van der Waals surface area contributed by atoms with Gasteiger partial charge in [0.2, 0.25) is 11.8 Å². The number of carbonyl (C=O) groups is 2. The first kappa shape index (κ1) is 20.3. The molecule has 0 bridgehead atoms. The summed E-state index contributed by atoms with van der Waals surface area (Å²) in [6, 6.07) is 8.77. The molecule has 2 amide bonds. The predicted molar refractivity (Wildman–Crippen MR) is 111 cm³/mol. The van der Waals surface area contributed by atoms with Gasteiger partial charge in [0.1, 0.15) is 18.1 Å². The molecule has 0 aromatic heterocycles. The summed E-state index contributed by atoms with van der Waals surface area (Å²) in [5, 5.41) is 22.7. The molecule has 1 atom stereocenters. The number of carbonyl (C=O) groups excluding carboxylic acids is 2. The van der Waals surface area contributed by atoms with Crippen molar-refractivity contribution in [2.45, 2.75) is 12.8 Å². The van der Waals surface area contributed by atoms with E-state index in [1.807, 2.05) is 12.1 Å². The van der Waals surface area contributed by atoms with Gasteiger partial charge in [0.15, 0.2) is 0 Å². The number of ether oxygens (including phenoxy) is 2. The topological polar surface area (TPSA) is 112 Å². The first-order valence-electron chi connectivity index (χ1n) is 10.1. The van der Waals surface area contributed by atoms with Crippen LogP contribution >= 0.6 is 0 Å². The van der Waals surface area contributed by atoms with Gasteiger partial charge >= 0.3 is 0 Å². The van der Waals surface area contributed by atoms with Crippen molar-refractivity contribution >= 4 is 28.3 Å². The van der Waals surface area contributed by atoms with Crippen LogP contribution in [-0.4, -0.2) is 67.0 Å². The number of hydrogen-bond donors (Lipinski definition) is 3. The molecular formula is C22H25N3O5. The molecule has 2 aromatic rings. The Hall–Kier alpha value is -2.97. The minimum Gasteiger partial charge on any atom is -0.507 e. The molecule has 158 valence electrons. The highest BCUT2D eigenvalue weighted by Crippen LogP contribution is 2.33. The van der Waals surface area contributed by atoms with E-state index >= 15 is 0 Å². The molecule has 8 heteroatoms. The quantitative estimate of drug-likeness (QED) is 0.493. The van der Waals surface area contributed by atoms with E-state index in [1.54, 1.807) is 12.1 Å². The maximum Gasteiger partial charge on any atom is 0.235 e. The summed E-state index contributed by atoms with van der Waals surface area (Å²) < 4.78 is 11.2. The summed E-state index contributed by atoms with van der Waals surface area (Å²) in [4.78, 5) is 25.9. The molecule has 2 fully saturated rings. The van der Waals surface area contributed by atoms with E-state index in [2.05, 4.69) is 10.2 Å². The van der Waals surface area contributed by atoms with Gasteiger partial charge < -0.3 is 20.0 Å². The average Bonchev–Trinajstić information content (AvgIpc) is 2.74. The van der Waals surface area contributed by atoms with Gasteiger partial charge in [-0.2, -0.15) is 0 Å². The molecular weight excluding hydrogens is 386 g/mol. The second-order valence-electron chi connectivity index (χ2n) is 7.56. The van der Waals surface area contributed by atoms with Crippen LogP contribution in [0.5, 0.6) is 11.5 Å². The molecule has 0 aliphatic carbocycles. The zero-order chi connectivity index (χ0) is 21.1. The number of rotatable bonds is 6. The maximum absolute atomic E-state index is 12.2. The molecule has 2 aliphatic rings. The number of nitrogens with zero attached hydrogens (tertiary/aromatic N) is 1. The Morgan fingerprint density at radius 3 is 2.80 bits per heavy atom. The number of nitrogens with one attached hydrogen (secondary N) is 2. The third-order valence-electron chi connectivity index (χ3n) is 5.61. The molecule has 8 nitrogen and oxygen atoms in total. The summed E-state index contributed by atoms with van der Waals surface area (Å²) in [5.41, 5.74) is 0.339. The van der Waals surface area contributed by atoms with Gasteiger partial charge in [0.05, 0.1) is 24.8 Å². The monoisotopic (exact) mass is 411 g/mol. The first-order valence-corrected chi connectivity index (χ1v) is 10.1. The number of fused-ring (bicyclic) bond motifs is 1. The third-order valence-corrected chi connectivity index (χ3v) is 5.61. The normalized spacial score (nSPS) is 20.2. The number of morpholine rings is 1. The van der Waals surface area contributed by atoms with Crippen LogP contribution in [0.3, 0.4) is 0 Å². The predicted octanol–water partition coefficient (Wildman–Crippen LogP) is 1.68. The van der Waals surface area contributed by atoms with Crippen molar-refractivity contribution in [2.24, 2.45) is 5.92 Å². The van der Waals surface area contributed by atoms with Crippen LogP contribution in [0.1, 0.15) is 18.4 Å². The second-order valence-corrected chi connectivity index (χ2v) is 7.56. The smallest absolute Gasteiger partial charge is 0.235 e. The number of hydrogen-bond acceptors (Lipinski definition) is 7. The van der Waals surface area contributed by atoms with Crippen molar-refractivity contribution in [3.63, 3.8) is 0 Å². The van der Waals surface area contributed by atoms with E-state index in [1.165, 1.54) is 6.07 Å². The van der Waals surface area contributed by atoms with Crippen LogP contribution in [0.15, 0.2) is 30.3 Å². The second kappa shape index (κ2) is 8.81. The summed E-state index contributed by atoms with van der Waals surface area (Å²) in [5.74, 6) is -0.928. The highest BCUT2D eigenvalue weighted by molar-refractivity contribution is 6.21. The zero-order valence-electron chi connectivity index (χ0n) is 16.6. The standard InChI is InChI=1S/C22H25N3O5/c23-21(17-4-6-19(27)24-22(17)28)20-16-3-2-15(13-14(16)1-5-18(20)26)30-12-9-25-7-10-29-11-8-25/h1-3,5,13,17,23,26H,4,6-12H2,(H,24,27,28). The number of amides is 2. The van der Waals surface area contributed by atoms with Crippen molar-refractivity contribution in [1.82, 2.24) is 10.2 Å². The van der Waals surface area contributed by atoms with Crippen molar-refractivity contribution in [1.29, 1.82) is 5.41 Å². The molecule has 0 radical (unpaired) electrons. The molecule has 1 unspecified atom stereocenters. The number of imide groups is 1. The largest absolute Gasteiger partial charge is 0.507 e. The Morgan fingerprint density at radius 2 is 2.03 bits per heavy atom. The fraction of sp³-hybridized carbons (Fsp3) is 0.409. The van der Waals surface area contributed by atoms with Crippen LogP contribution in [-0.2, 0) is 14.3 Å². The first-order chi connectivity index (χ1) is 14.5. The summed E-state index contributed by atoms with van der Waals surface area (Å²) in [6.45, 7) is 4.70. The van der Waals surface area contributed by atoms with E-state index in [-0.39, 0.29) is 30.2 Å². The van der Waals surface area contributed by atoms with E-state index < -0.39 is 11.8 Å². The SMILES string of the molecule is N=C(c1c(O)ccc2cc(OCCN3CCOCC3)ccc12)C1CCC(=O)NC1=O. The lowest BCUT2D eigenvalue weighted by Crippen LogP contribution is -2.43. The van der Waals surface area contributed by atoms with Crippen LogP contribution in [0, 0.1) is 11.3 Å². The molecule has 0 saturated carbocycles. The lowest BCUT2D eigenvalue weighted by molar-refractivity contribution is -0.134. The highest BCUT2D eigenvalue weighted by atomic mass is 16.5. The van der Waals surface area contributed by atoms with Crippen LogP contribution in [0.2, 0.25) is 0 Å². The molecule has 2 aliphatic heterocycles.